The first kappa shape index (κ1) is 13.9. The van der Waals surface area contributed by atoms with Crippen LogP contribution in [-0.2, 0) is 4.43 Å². The van der Waals surface area contributed by atoms with Gasteiger partial charge in [0.05, 0.1) is 0 Å². The van der Waals surface area contributed by atoms with E-state index in [1.165, 1.54) is 0 Å². The van der Waals surface area contributed by atoms with Crippen LogP contribution in [0.1, 0.15) is 40.5 Å². The van der Waals surface area contributed by atoms with E-state index >= 15 is 0 Å². The van der Waals surface area contributed by atoms with Crippen LogP contribution >= 0.6 is 0 Å². The zero-order valence-electron chi connectivity index (χ0n) is 10.7. The molecule has 2 heteroatoms. The van der Waals surface area contributed by atoms with Crippen LogP contribution < -0.4 is 0 Å². The maximum atomic E-state index is 6.03. The largest absolute Gasteiger partial charge is 0.417 e. The number of hydrogen-bond acceptors (Lipinski definition) is 1. The zero-order chi connectivity index (χ0) is 11.2. The SMILES string of the molecule is CC/C=C/CCO[Si](C)(C)C(C)(C)C. The van der Waals surface area contributed by atoms with Crippen molar-refractivity contribution in [3.05, 3.63) is 12.2 Å². The molecule has 0 bridgehead atoms. The Hall–Kier alpha value is -0.0831. The van der Waals surface area contributed by atoms with E-state index in [2.05, 4.69) is 52.9 Å². The molecule has 0 unspecified atom stereocenters. The minimum absolute atomic E-state index is 0.335. The second kappa shape index (κ2) is 5.71. The molecule has 84 valence electrons. The molecular weight excluding hydrogens is 188 g/mol. The predicted octanol–water partition coefficient (Wildman–Crippen LogP) is 4.36. The van der Waals surface area contributed by atoms with Crippen molar-refractivity contribution in [2.75, 3.05) is 6.61 Å². The highest BCUT2D eigenvalue weighted by Gasteiger charge is 2.36. The van der Waals surface area contributed by atoms with Crippen molar-refractivity contribution in [3.63, 3.8) is 0 Å². The lowest BCUT2D eigenvalue weighted by molar-refractivity contribution is 0.294. The third kappa shape index (κ3) is 4.96. The first-order chi connectivity index (χ1) is 6.31. The van der Waals surface area contributed by atoms with Gasteiger partial charge in [0.25, 0.3) is 0 Å². The van der Waals surface area contributed by atoms with E-state index in [4.69, 9.17) is 4.43 Å². The third-order valence-corrected chi connectivity index (χ3v) is 7.49. The Labute approximate surface area is 90.7 Å². The van der Waals surface area contributed by atoms with E-state index in [1.807, 2.05) is 0 Å². The van der Waals surface area contributed by atoms with Gasteiger partial charge in [-0.05, 0) is 31.0 Å². The maximum absolute atomic E-state index is 6.03. The Kier molecular flexibility index (Phi) is 5.68. The number of hydrogen-bond donors (Lipinski definition) is 0. The summed E-state index contributed by atoms with van der Waals surface area (Å²) >= 11 is 0. The van der Waals surface area contributed by atoms with E-state index in [1.54, 1.807) is 0 Å². The van der Waals surface area contributed by atoms with E-state index < -0.39 is 8.32 Å². The fourth-order valence-corrected chi connectivity index (χ4v) is 1.94. The summed E-state index contributed by atoms with van der Waals surface area (Å²) in [5.74, 6) is 0. The molecule has 0 N–H and O–H groups in total. The number of rotatable bonds is 5. The molecule has 0 aliphatic rings. The van der Waals surface area contributed by atoms with Crippen molar-refractivity contribution in [3.8, 4) is 0 Å². The molecule has 0 spiro atoms. The first-order valence-electron chi connectivity index (χ1n) is 5.60. The Bertz CT molecular complexity index is 177. The van der Waals surface area contributed by atoms with Crippen LogP contribution in [0.25, 0.3) is 0 Å². The van der Waals surface area contributed by atoms with Gasteiger partial charge in [0, 0.05) is 6.61 Å². The fourth-order valence-electron chi connectivity index (χ4n) is 0.883. The summed E-state index contributed by atoms with van der Waals surface area (Å²) in [7, 11) is -1.50. The molecule has 1 nitrogen and oxygen atoms in total. The summed E-state index contributed by atoms with van der Waals surface area (Å²) in [4.78, 5) is 0. The van der Waals surface area contributed by atoms with E-state index in [9.17, 15) is 0 Å². The molecule has 0 aliphatic carbocycles. The van der Waals surface area contributed by atoms with E-state index in [-0.39, 0.29) is 0 Å². The quantitative estimate of drug-likeness (QED) is 0.375. The van der Waals surface area contributed by atoms with Crippen LogP contribution in [0.4, 0.5) is 0 Å². The van der Waals surface area contributed by atoms with Gasteiger partial charge in [0.2, 0.25) is 0 Å². The molecule has 0 amide bonds. The smallest absolute Gasteiger partial charge is 0.191 e. The Morgan fingerprint density at radius 2 is 1.71 bits per heavy atom. The molecule has 0 saturated carbocycles. The molecule has 0 atom stereocenters. The standard InChI is InChI=1S/C12H26OSi/c1-7-8-9-10-11-13-14(5,6)12(2,3)4/h8-9H,7,10-11H2,1-6H3/b9-8+. The molecule has 0 fully saturated rings. The normalized spacial score (nSPS) is 13.9. The van der Waals surface area contributed by atoms with Gasteiger partial charge in [0.15, 0.2) is 8.32 Å². The molecule has 0 aromatic rings. The molecule has 0 saturated heterocycles. The maximum Gasteiger partial charge on any atom is 0.191 e. The van der Waals surface area contributed by atoms with Crippen molar-refractivity contribution in [1.82, 2.24) is 0 Å². The molecule has 0 aromatic carbocycles. The highest BCUT2D eigenvalue weighted by Crippen LogP contribution is 2.36. The molecule has 0 aliphatic heterocycles. The van der Waals surface area contributed by atoms with Crippen molar-refractivity contribution in [2.45, 2.75) is 58.7 Å². The van der Waals surface area contributed by atoms with Gasteiger partial charge in [-0.15, -0.1) is 0 Å². The molecule has 0 radical (unpaired) electrons. The molecule has 0 rings (SSSR count). The van der Waals surface area contributed by atoms with Gasteiger partial charge < -0.3 is 4.43 Å². The lowest BCUT2D eigenvalue weighted by Gasteiger charge is -2.36. The Balaban J connectivity index is 3.83. The topological polar surface area (TPSA) is 9.23 Å². The van der Waals surface area contributed by atoms with Gasteiger partial charge in [0.1, 0.15) is 0 Å². The van der Waals surface area contributed by atoms with E-state index in [0.717, 1.165) is 19.4 Å². The summed E-state index contributed by atoms with van der Waals surface area (Å²) in [6, 6.07) is 0. The first-order valence-corrected chi connectivity index (χ1v) is 8.51. The van der Waals surface area contributed by atoms with Crippen molar-refractivity contribution >= 4 is 8.32 Å². The van der Waals surface area contributed by atoms with Gasteiger partial charge in [-0.3, -0.25) is 0 Å². The summed E-state index contributed by atoms with van der Waals surface area (Å²) < 4.78 is 6.03. The summed E-state index contributed by atoms with van der Waals surface area (Å²) in [6.45, 7) is 14.5. The van der Waals surface area contributed by atoms with Crippen LogP contribution in [0.15, 0.2) is 12.2 Å². The summed E-state index contributed by atoms with van der Waals surface area (Å²) in [5, 5.41) is 0.335. The second-order valence-corrected chi connectivity index (χ2v) is 10.1. The zero-order valence-corrected chi connectivity index (χ0v) is 11.7. The molecule has 14 heavy (non-hydrogen) atoms. The van der Waals surface area contributed by atoms with Gasteiger partial charge in [-0.25, -0.2) is 0 Å². The highest BCUT2D eigenvalue weighted by atomic mass is 28.4. The average molecular weight is 214 g/mol. The molecular formula is C12H26OSi. The van der Waals surface area contributed by atoms with Crippen molar-refractivity contribution in [2.24, 2.45) is 0 Å². The fraction of sp³-hybridized carbons (Fsp3) is 0.833. The van der Waals surface area contributed by atoms with Crippen molar-refractivity contribution in [1.29, 1.82) is 0 Å². The minimum Gasteiger partial charge on any atom is -0.417 e. The van der Waals surface area contributed by atoms with E-state index in [0.29, 0.717) is 5.04 Å². The van der Waals surface area contributed by atoms with Crippen LogP contribution in [0.5, 0.6) is 0 Å². The van der Waals surface area contributed by atoms with Crippen LogP contribution in [-0.4, -0.2) is 14.9 Å². The highest BCUT2D eigenvalue weighted by molar-refractivity contribution is 6.74. The third-order valence-electron chi connectivity index (χ3n) is 2.96. The second-order valence-electron chi connectivity index (χ2n) is 5.28. The Morgan fingerprint density at radius 3 is 2.14 bits per heavy atom. The van der Waals surface area contributed by atoms with Gasteiger partial charge in [-0.1, -0.05) is 39.8 Å². The van der Waals surface area contributed by atoms with Crippen LogP contribution in [0.3, 0.4) is 0 Å². The van der Waals surface area contributed by atoms with Crippen LogP contribution in [0.2, 0.25) is 18.1 Å². The van der Waals surface area contributed by atoms with Crippen molar-refractivity contribution < 1.29 is 4.43 Å². The monoisotopic (exact) mass is 214 g/mol. The van der Waals surface area contributed by atoms with Crippen LogP contribution in [0, 0.1) is 0 Å². The Morgan fingerprint density at radius 1 is 1.14 bits per heavy atom. The summed E-state index contributed by atoms with van der Waals surface area (Å²) in [6.07, 6.45) is 6.60. The molecule has 0 aromatic heterocycles. The lowest BCUT2D eigenvalue weighted by Crippen LogP contribution is -2.40. The predicted molar refractivity (Wildman–Crippen MR) is 67.2 cm³/mol. The average Bonchev–Trinajstić information content (AvgIpc) is 2.02. The minimum atomic E-state index is -1.50. The van der Waals surface area contributed by atoms with Gasteiger partial charge in [-0.2, -0.15) is 0 Å². The number of allylic oxidation sites excluding steroid dienone is 1. The summed E-state index contributed by atoms with van der Waals surface area (Å²) in [5.41, 5.74) is 0. The van der Waals surface area contributed by atoms with Gasteiger partial charge >= 0.3 is 0 Å². The molecule has 0 heterocycles. The lowest BCUT2D eigenvalue weighted by atomic mass is 10.2.